The van der Waals surface area contributed by atoms with Gasteiger partial charge in [-0.1, -0.05) is 0 Å². The van der Waals surface area contributed by atoms with Gasteiger partial charge in [0.15, 0.2) is 11.5 Å². The van der Waals surface area contributed by atoms with Crippen LogP contribution >= 0.6 is 0 Å². The summed E-state index contributed by atoms with van der Waals surface area (Å²) in [5, 5.41) is 8.85. The molecular weight excluding hydrogens is 238 g/mol. The summed E-state index contributed by atoms with van der Waals surface area (Å²) in [6.07, 6.45) is 0.219. The van der Waals surface area contributed by atoms with Crippen LogP contribution in [0.25, 0.3) is 0 Å². The van der Waals surface area contributed by atoms with E-state index in [9.17, 15) is 4.79 Å². The van der Waals surface area contributed by atoms with E-state index in [4.69, 9.17) is 25.1 Å². The van der Waals surface area contributed by atoms with Crippen molar-refractivity contribution in [2.24, 2.45) is 5.73 Å². The normalized spacial score (nSPS) is 16.1. The first-order valence-electron chi connectivity index (χ1n) is 5.54. The molecule has 0 aromatic heterocycles. The predicted molar refractivity (Wildman–Crippen MR) is 62.9 cm³/mol. The van der Waals surface area contributed by atoms with Gasteiger partial charge < -0.3 is 25.1 Å². The van der Waals surface area contributed by atoms with Crippen LogP contribution in [0.1, 0.15) is 13.3 Å². The topological polar surface area (TPSA) is 91.0 Å². The maximum atomic E-state index is 10.8. The second-order valence-corrected chi connectivity index (χ2v) is 4.34. The van der Waals surface area contributed by atoms with Crippen molar-refractivity contribution in [3.8, 4) is 17.2 Å². The fraction of sp³-hybridized carbons (Fsp3) is 0.417. The Morgan fingerprint density at radius 2 is 2.22 bits per heavy atom. The lowest BCUT2D eigenvalue weighted by molar-refractivity contribution is -0.143. The van der Waals surface area contributed by atoms with E-state index in [2.05, 4.69) is 0 Å². The maximum absolute atomic E-state index is 10.8. The molecule has 1 aromatic rings. The molecule has 6 heteroatoms. The molecule has 0 saturated heterocycles. The smallest absolute Gasteiger partial charge is 0.323 e. The summed E-state index contributed by atoms with van der Waals surface area (Å²) in [5.74, 6) is 0.856. The number of benzene rings is 1. The molecule has 0 spiro atoms. The lowest BCUT2D eigenvalue weighted by atomic mass is 10.0. The van der Waals surface area contributed by atoms with E-state index in [0.29, 0.717) is 17.2 Å². The number of hydrogen-bond donors (Lipinski definition) is 2. The zero-order valence-electron chi connectivity index (χ0n) is 10.0. The molecule has 0 saturated carbocycles. The van der Waals surface area contributed by atoms with E-state index in [1.54, 1.807) is 18.2 Å². The Kier molecular flexibility index (Phi) is 3.29. The van der Waals surface area contributed by atoms with Gasteiger partial charge in [0.2, 0.25) is 6.79 Å². The minimum Gasteiger partial charge on any atom is -0.493 e. The zero-order chi connectivity index (χ0) is 13.2. The molecule has 1 aromatic carbocycles. The number of nitrogens with two attached hydrogens (primary N) is 1. The molecule has 0 fully saturated rings. The van der Waals surface area contributed by atoms with E-state index in [-0.39, 0.29) is 19.8 Å². The molecule has 1 aliphatic heterocycles. The Labute approximate surface area is 104 Å². The monoisotopic (exact) mass is 253 g/mol. The minimum atomic E-state index is -1.28. The van der Waals surface area contributed by atoms with Gasteiger partial charge in [0.25, 0.3) is 0 Å². The summed E-state index contributed by atoms with van der Waals surface area (Å²) in [5.41, 5.74) is 4.31. The van der Waals surface area contributed by atoms with Gasteiger partial charge in [-0.15, -0.1) is 0 Å². The van der Waals surface area contributed by atoms with Crippen LogP contribution in [0, 0.1) is 0 Å². The van der Waals surface area contributed by atoms with Crippen LogP contribution in [0.2, 0.25) is 0 Å². The molecule has 18 heavy (non-hydrogen) atoms. The fourth-order valence-corrected chi connectivity index (χ4v) is 1.45. The lowest BCUT2D eigenvalue weighted by Gasteiger charge is -2.19. The van der Waals surface area contributed by atoms with Crippen LogP contribution in [0.15, 0.2) is 18.2 Å². The second-order valence-electron chi connectivity index (χ2n) is 4.34. The van der Waals surface area contributed by atoms with E-state index < -0.39 is 11.5 Å². The van der Waals surface area contributed by atoms with Gasteiger partial charge in [0, 0.05) is 12.5 Å². The second kappa shape index (κ2) is 4.73. The highest BCUT2D eigenvalue weighted by Crippen LogP contribution is 2.35. The van der Waals surface area contributed by atoms with Gasteiger partial charge in [0.05, 0.1) is 6.61 Å². The van der Waals surface area contributed by atoms with Gasteiger partial charge >= 0.3 is 5.97 Å². The molecule has 0 amide bonds. The van der Waals surface area contributed by atoms with Gasteiger partial charge in [-0.25, -0.2) is 0 Å². The van der Waals surface area contributed by atoms with Crippen LogP contribution in [0.5, 0.6) is 17.2 Å². The molecule has 98 valence electrons. The minimum absolute atomic E-state index is 0.207. The van der Waals surface area contributed by atoms with E-state index >= 15 is 0 Å². The maximum Gasteiger partial charge on any atom is 0.323 e. The van der Waals surface area contributed by atoms with Crippen LogP contribution in [0.3, 0.4) is 0 Å². The van der Waals surface area contributed by atoms with Crippen molar-refractivity contribution >= 4 is 5.97 Å². The highest BCUT2D eigenvalue weighted by molar-refractivity contribution is 5.77. The van der Waals surface area contributed by atoms with E-state index in [0.717, 1.165) is 0 Å². The summed E-state index contributed by atoms with van der Waals surface area (Å²) in [6.45, 7) is 1.88. The molecule has 6 nitrogen and oxygen atoms in total. The number of carboxylic acid groups (broad SMARTS) is 1. The fourth-order valence-electron chi connectivity index (χ4n) is 1.45. The average Bonchev–Trinajstić information content (AvgIpc) is 2.75. The molecule has 0 bridgehead atoms. The van der Waals surface area contributed by atoms with Gasteiger partial charge in [-0.2, -0.15) is 0 Å². The van der Waals surface area contributed by atoms with Crippen molar-refractivity contribution in [3.63, 3.8) is 0 Å². The molecule has 3 N–H and O–H groups in total. The number of rotatable bonds is 5. The number of hydrogen-bond acceptors (Lipinski definition) is 5. The van der Waals surface area contributed by atoms with Crippen molar-refractivity contribution in [1.29, 1.82) is 0 Å². The van der Waals surface area contributed by atoms with Crippen molar-refractivity contribution in [3.05, 3.63) is 18.2 Å². The third-order valence-electron chi connectivity index (χ3n) is 2.72. The molecule has 2 rings (SSSR count). The first-order chi connectivity index (χ1) is 8.49. The molecule has 1 atom stereocenters. The standard InChI is InChI=1S/C12H15NO5/c1-12(13,11(14)15)4-5-16-8-2-3-9-10(6-8)18-7-17-9/h2-3,6H,4-5,7,13H2,1H3,(H,14,15). The molecule has 1 unspecified atom stereocenters. The van der Waals surface area contributed by atoms with Crippen LogP contribution in [-0.4, -0.2) is 30.0 Å². The number of ether oxygens (including phenoxy) is 3. The van der Waals surface area contributed by atoms with Crippen molar-refractivity contribution in [2.45, 2.75) is 18.9 Å². The van der Waals surface area contributed by atoms with Gasteiger partial charge in [-0.05, 0) is 19.1 Å². The van der Waals surface area contributed by atoms with Gasteiger partial charge in [-0.3, -0.25) is 4.79 Å². The van der Waals surface area contributed by atoms with E-state index in [1.165, 1.54) is 6.92 Å². The lowest BCUT2D eigenvalue weighted by Crippen LogP contribution is -2.45. The first kappa shape index (κ1) is 12.5. The Morgan fingerprint density at radius 3 is 2.94 bits per heavy atom. The SMILES string of the molecule is CC(N)(CCOc1ccc2c(c1)OCO2)C(=O)O. The molecule has 1 aliphatic rings. The summed E-state index contributed by atoms with van der Waals surface area (Å²) in [6, 6.07) is 5.19. The number of aliphatic carboxylic acids is 1. The third kappa shape index (κ3) is 2.65. The Balaban J connectivity index is 1.89. The van der Waals surface area contributed by atoms with Gasteiger partial charge in [0.1, 0.15) is 11.3 Å². The number of fused-ring (bicyclic) bond motifs is 1. The average molecular weight is 253 g/mol. The highest BCUT2D eigenvalue weighted by Gasteiger charge is 2.27. The van der Waals surface area contributed by atoms with Crippen molar-refractivity contribution in [2.75, 3.05) is 13.4 Å². The van der Waals surface area contributed by atoms with Crippen molar-refractivity contribution < 1.29 is 24.1 Å². The zero-order valence-corrected chi connectivity index (χ0v) is 10.0. The van der Waals surface area contributed by atoms with E-state index in [1.807, 2.05) is 0 Å². The molecule has 0 aliphatic carbocycles. The van der Waals surface area contributed by atoms with Crippen LogP contribution in [-0.2, 0) is 4.79 Å². The Bertz CT molecular complexity index is 458. The molecular formula is C12H15NO5. The third-order valence-corrected chi connectivity index (χ3v) is 2.72. The predicted octanol–water partition coefficient (Wildman–Crippen LogP) is 0.986. The Hall–Kier alpha value is -1.95. The first-order valence-corrected chi connectivity index (χ1v) is 5.54. The van der Waals surface area contributed by atoms with Crippen LogP contribution in [0.4, 0.5) is 0 Å². The summed E-state index contributed by atoms with van der Waals surface area (Å²) in [7, 11) is 0. The largest absolute Gasteiger partial charge is 0.493 e. The van der Waals surface area contributed by atoms with Crippen molar-refractivity contribution in [1.82, 2.24) is 0 Å². The highest BCUT2D eigenvalue weighted by atomic mass is 16.7. The number of carboxylic acids is 1. The Morgan fingerprint density at radius 1 is 1.50 bits per heavy atom. The molecule has 1 heterocycles. The summed E-state index contributed by atoms with van der Waals surface area (Å²) < 4.78 is 15.8. The molecule has 0 radical (unpaired) electrons. The summed E-state index contributed by atoms with van der Waals surface area (Å²) in [4.78, 5) is 10.8. The van der Waals surface area contributed by atoms with Crippen LogP contribution < -0.4 is 19.9 Å². The summed E-state index contributed by atoms with van der Waals surface area (Å²) >= 11 is 0. The quantitative estimate of drug-likeness (QED) is 0.813. The number of carbonyl (C=O) groups is 1.